The third-order valence-electron chi connectivity index (χ3n) is 0.989. The Morgan fingerprint density at radius 3 is 1.38 bits per heavy atom. The van der Waals surface area contributed by atoms with Crippen LogP contribution in [-0.2, 0) is 29.5 Å². The van der Waals surface area contributed by atoms with E-state index in [0.29, 0.717) is 0 Å². The van der Waals surface area contributed by atoms with E-state index in [4.69, 9.17) is 17.5 Å². The first-order valence-electron chi connectivity index (χ1n) is 3.54. The topological polar surface area (TPSA) is 127 Å². The second-order valence-electron chi connectivity index (χ2n) is 2.10. The number of carbonyl (C=O) groups excluding carboxylic acids is 2. The van der Waals surface area contributed by atoms with E-state index in [1.165, 1.54) is 14.2 Å². The molecule has 0 fully saturated rings. The fourth-order valence-electron chi connectivity index (χ4n) is 0.408. The molecule has 0 spiro atoms. The molecule has 0 aromatic carbocycles. The second kappa shape index (κ2) is 11.3. The van der Waals surface area contributed by atoms with Crippen LogP contribution in [0.1, 0.15) is 14.3 Å². The van der Waals surface area contributed by atoms with Crippen molar-refractivity contribution in [1.29, 1.82) is 0 Å². The number of hydrogen-bond donors (Lipinski definition) is 2. The van der Waals surface area contributed by atoms with Crippen LogP contribution in [0.5, 0.6) is 0 Å². The molecule has 0 aliphatic rings. The Bertz CT molecular complexity index is 279. The molecule has 0 saturated heterocycles. The predicted molar refractivity (Wildman–Crippen MR) is 48.6 cm³/mol. The van der Waals surface area contributed by atoms with Crippen molar-refractivity contribution >= 4 is 22.3 Å². The van der Waals surface area contributed by atoms with Crippen LogP contribution in [0, 0.1) is 0 Å². The summed E-state index contributed by atoms with van der Waals surface area (Å²) in [5.41, 5.74) is 0. The average molecular weight is 268 g/mol. The van der Waals surface area contributed by atoms with Gasteiger partial charge in [0.25, 0.3) is 0 Å². The Morgan fingerprint density at radius 1 is 1.06 bits per heavy atom. The Labute approximate surface area is 117 Å². The van der Waals surface area contributed by atoms with Crippen LogP contribution < -0.4 is 29.6 Å². The molecule has 16 heavy (non-hydrogen) atoms. The van der Waals surface area contributed by atoms with Crippen LogP contribution in [-0.4, -0.2) is 43.7 Å². The largest absolute Gasteiger partial charge is 1.00 e. The molecule has 2 N–H and O–H groups in total. The summed E-state index contributed by atoms with van der Waals surface area (Å²) < 4.78 is 40.2. The summed E-state index contributed by atoms with van der Waals surface area (Å²) in [5.74, 6) is -0.796. The average Bonchev–Trinajstić information content (AvgIpc) is 2.10. The molecular weight excluding hydrogens is 255 g/mol. The van der Waals surface area contributed by atoms with E-state index in [9.17, 15) is 9.59 Å². The van der Waals surface area contributed by atoms with Gasteiger partial charge in [-0.05, 0) is 0 Å². The van der Waals surface area contributed by atoms with Crippen LogP contribution in [0.3, 0.4) is 0 Å². The molecule has 0 aromatic heterocycles. The fourth-order valence-corrected chi connectivity index (χ4v) is 0.408. The van der Waals surface area contributed by atoms with Gasteiger partial charge in [-0.25, -0.2) is 0 Å². The summed E-state index contributed by atoms with van der Waals surface area (Å²) in [6.07, 6.45) is 0.173. The van der Waals surface area contributed by atoms with Gasteiger partial charge in [0.1, 0.15) is 0 Å². The molecule has 0 bridgehead atoms. The predicted octanol–water partition coefficient (Wildman–Crippen LogP) is -3.42. The molecule has 0 amide bonds. The summed E-state index contributed by atoms with van der Waals surface area (Å²) in [5, 5.41) is 0. The summed E-state index contributed by atoms with van der Waals surface area (Å²) in [4.78, 5) is 20.8. The van der Waals surface area contributed by atoms with Crippen molar-refractivity contribution in [3.63, 3.8) is 0 Å². The van der Waals surface area contributed by atoms with E-state index < -0.39 is 22.3 Å². The van der Waals surface area contributed by atoms with Gasteiger partial charge in [-0.3, -0.25) is 18.7 Å². The van der Waals surface area contributed by atoms with Crippen LogP contribution in [0.25, 0.3) is 0 Å². The molecule has 8 nitrogen and oxygen atoms in total. The van der Waals surface area contributed by atoms with Crippen molar-refractivity contribution in [3.8, 4) is 0 Å². The first-order valence-corrected chi connectivity index (χ1v) is 4.94. The normalized spacial score (nSPS) is 9.00. The third kappa shape index (κ3) is 29.2. The van der Waals surface area contributed by atoms with Crippen molar-refractivity contribution < 1.29 is 67.6 Å². The number of esters is 2. The third-order valence-corrected chi connectivity index (χ3v) is 0.989. The van der Waals surface area contributed by atoms with E-state index in [-0.39, 0.29) is 43.8 Å². The first kappa shape index (κ1) is 21.1. The summed E-state index contributed by atoms with van der Waals surface area (Å²) in [6, 6.07) is 0. The Hall–Kier alpha value is -0.190. The first-order chi connectivity index (χ1) is 6.70. The quantitative estimate of drug-likeness (QED) is 0.308. The fraction of sp³-hybridized carbons (Fsp3) is 0.667. The maximum atomic E-state index is 10.4. The summed E-state index contributed by atoms with van der Waals surface area (Å²) in [7, 11) is -2.11. The number of methoxy groups -OCH3 is 2. The maximum Gasteiger partial charge on any atom is 1.00 e. The van der Waals surface area contributed by atoms with Gasteiger partial charge in [0, 0.05) is 0 Å². The molecule has 0 aliphatic heterocycles. The minimum atomic E-state index is -4.67. The molecule has 10 heteroatoms. The van der Waals surface area contributed by atoms with E-state index in [0.717, 1.165) is 0 Å². The second-order valence-corrected chi connectivity index (χ2v) is 3.00. The Morgan fingerprint density at radius 2 is 1.25 bits per heavy atom. The molecule has 0 rings (SSSR count). The van der Waals surface area contributed by atoms with Gasteiger partial charge in [0.15, 0.2) is 0 Å². The van der Waals surface area contributed by atoms with Crippen LogP contribution in [0.15, 0.2) is 0 Å². The molecule has 0 radical (unpaired) electrons. The van der Waals surface area contributed by atoms with Crippen molar-refractivity contribution in [2.45, 2.75) is 12.8 Å². The zero-order valence-electron chi connectivity index (χ0n) is 10.2. The molecular formula is C6H13NaO8S. The number of rotatable bonds is 3. The molecule has 0 saturated carbocycles. The van der Waals surface area contributed by atoms with Gasteiger partial charge < -0.3 is 10.9 Å². The zero-order valence-corrected chi connectivity index (χ0v) is 12.0. The van der Waals surface area contributed by atoms with Gasteiger partial charge in [0.05, 0.1) is 27.1 Å². The molecule has 0 heterocycles. The monoisotopic (exact) mass is 268 g/mol. The molecule has 92 valence electrons. The smallest absolute Gasteiger partial charge is 1.00 e. The maximum absolute atomic E-state index is 10.4. The minimum absolute atomic E-state index is 0. The van der Waals surface area contributed by atoms with Gasteiger partial charge in [-0.1, -0.05) is 0 Å². The van der Waals surface area contributed by atoms with E-state index in [1.807, 2.05) is 0 Å². The van der Waals surface area contributed by atoms with Crippen molar-refractivity contribution in [3.05, 3.63) is 0 Å². The van der Waals surface area contributed by atoms with E-state index in [2.05, 4.69) is 9.47 Å². The van der Waals surface area contributed by atoms with Crippen molar-refractivity contribution in [2.75, 3.05) is 14.2 Å². The van der Waals surface area contributed by atoms with Crippen LogP contribution >= 0.6 is 0 Å². The zero-order chi connectivity index (χ0) is 12.5. The molecule has 0 aliphatic carbocycles. The van der Waals surface area contributed by atoms with Crippen molar-refractivity contribution in [2.24, 2.45) is 0 Å². The molecule has 0 aromatic rings. The standard InChI is InChI=1S/C6H10O4.Na.H2O4S.H/c1-9-5(7)3-4-6(8)10-2;;1-5(2,3)4;/h3-4H2,1-2H3;;(H2,1,2,3,4);/q;+1;;-1. The molecule has 0 atom stereocenters. The SMILES string of the molecule is COC(=O)CCC(=O)OC.O=S(=O)(O)O.[H-].[Na+]. The van der Waals surface area contributed by atoms with E-state index >= 15 is 0 Å². The summed E-state index contributed by atoms with van der Waals surface area (Å²) in [6.45, 7) is 0. The van der Waals surface area contributed by atoms with Gasteiger partial charge in [-0.15, -0.1) is 0 Å². The Kier molecular flexibility index (Phi) is 14.9. The molecule has 0 unspecified atom stereocenters. The van der Waals surface area contributed by atoms with Gasteiger partial charge in [-0.2, -0.15) is 8.42 Å². The van der Waals surface area contributed by atoms with Gasteiger partial charge >= 0.3 is 51.9 Å². The summed E-state index contributed by atoms with van der Waals surface area (Å²) >= 11 is 0. The minimum Gasteiger partial charge on any atom is -1.00 e. The number of ether oxygens (including phenoxy) is 2. The van der Waals surface area contributed by atoms with Crippen molar-refractivity contribution in [1.82, 2.24) is 0 Å². The van der Waals surface area contributed by atoms with Gasteiger partial charge in [0.2, 0.25) is 0 Å². The number of carbonyl (C=O) groups is 2. The number of hydrogen-bond acceptors (Lipinski definition) is 6. The van der Waals surface area contributed by atoms with Crippen LogP contribution in [0.2, 0.25) is 0 Å². The van der Waals surface area contributed by atoms with Crippen LogP contribution in [0.4, 0.5) is 0 Å². The van der Waals surface area contributed by atoms with E-state index in [1.54, 1.807) is 0 Å². The Balaban J connectivity index is -0.000000105.